The zero-order chi connectivity index (χ0) is 11.1. The van der Waals surface area contributed by atoms with E-state index in [0.29, 0.717) is 17.4 Å². The summed E-state index contributed by atoms with van der Waals surface area (Å²) in [4.78, 5) is 0. The molecule has 0 amide bonds. The zero-order valence-electron chi connectivity index (χ0n) is 8.63. The number of ether oxygens (including phenoxy) is 2. The fraction of sp³-hybridized carbons (Fsp3) is 0.455. The van der Waals surface area contributed by atoms with Gasteiger partial charge in [0.05, 0.1) is 11.6 Å². The molecule has 1 aromatic carbocycles. The van der Waals surface area contributed by atoms with Gasteiger partial charge >= 0.3 is 0 Å². The van der Waals surface area contributed by atoms with Crippen LogP contribution in [-0.2, 0) is 4.74 Å². The largest absolute Gasteiger partial charge is 0.492 e. The molecule has 0 unspecified atom stereocenters. The summed E-state index contributed by atoms with van der Waals surface area (Å²) < 4.78 is 11.6. The van der Waals surface area contributed by atoms with Gasteiger partial charge in [0.2, 0.25) is 0 Å². The van der Waals surface area contributed by atoms with Crippen LogP contribution < -0.4 is 4.74 Å². The van der Waals surface area contributed by atoms with Gasteiger partial charge in [-0.05, 0) is 35.0 Å². The highest BCUT2D eigenvalue weighted by Crippen LogP contribution is 2.31. The van der Waals surface area contributed by atoms with Crippen LogP contribution in [0.5, 0.6) is 5.75 Å². The van der Waals surface area contributed by atoms with Crippen LogP contribution in [-0.4, -0.2) is 19.8 Å². The van der Waals surface area contributed by atoms with Gasteiger partial charge in [-0.15, -0.1) is 0 Å². The molecule has 0 spiro atoms. The minimum Gasteiger partial charge on any atom is -0.492 e. The monoisotopic (exact) mass is 292 g/mol. The van der Waals surface area contributed by atoms with Crippen LogP contribution in [0.4, 0.5) is 0 Å². The van der Waals surface area contributed by atoms with Crippen LogP contribution >= 0.6 is 27.5 Å². The van der Waals surface area contributed by atoms with E-state index in [1.165, 1.54) is 0 Å². The second kappa shape index (κ2) is 7.09. The first kappa shape index (κ1) is 12.8. The Hall–Kier alpha value is -0.250. The summed E-state index contributed by atoms with van der Waals surface area (Å²) in [6.45, 7) is 4.07. The molecule has 0 saturated carbocycles. The van der Waals surface area contributed by atoms with Crippen LogP contribution in [0.15, 0.2) is 22.7 Å². The average molecular weight is 294 g/mol. The van der Waals surface area contributed by atoms with E-state index in [1.807, 2.05) is 25.1 Å². The molecule has 0 saturated heterocycles. The molecule has 0 aliphatic rings. The normalized spacial score (nSPS) is 10.3. The minimum absolute atomic E-state index is 0.619. The molecule has 4 heteroatoms. The van der Waals surface area contributed by atoms with Crippen LogP contribution in [0.25, 0.3) is 0 Å². The minimum atomic E-state index is 0.619. The maximum Gasteiger partial charge on any atom is 0.139 e. The van der Waals surface area contributed by atoms with Gasteiger partial charge in [-0.25, -0.2) is 0 Å². The Bertz CT molecular complexity index is 305. The molecule has 0 fully saturated rings. The Balaban J connectivity index is 2.34. The molecule has 0 atom stereocenters. The summed E-state index contributed by atoms with van der Waals surface area (Å²) in [5.41, 5.74) is 0. The van der Waals surface area contributed by atoms with Gasteiger partial charge < -0.3 is 9.47 Å². The molecule has 0 radical (unpaired) electrons. The average Bonchev–Trinajstić information content (AvgIpc) is 2.24. The van der Waals surface area contributed by atoms with Crippen molar-refractivity contribution >= 4 is 27.5 Å². The molecule has 84 valence electrons. The van der Waals surface area contributed by atoms with Crippen molar-refractivity contribution in [2.24, 2.45) is 0 Å². The maximum absolute atomic E-state index is 6.03. The third-order valence-corrected chi connectivity index (χ3v) is 3.09. The zero-order valence-corrected chi connectivity index (χ0v) is 11.0. The second-order valence-electron chi connectivity index (χ2n) is 2.95. The summed E-state index contributed by atoms with van der Waals surface area (Å²) in [5.74, 6) is 0.711. The molecular formula is C11H14BrClO2. The summed E-state index contributed by atoms with van der Waals surface area (Å²) in [7, 11) is 0. The van der Waals surface area contributed by atoms with Gasteiger partial charge in [-0.3, -0.25) is 0 Å². The second-order valence-corrected chi connectivity index (χ2v) is 4.18. The van der Waals surface area contributed by atoms with Crippen LogP contribution in [0.3, 0.4) is 0 Å². The number of hydrogen-bond donors (Lipinski definition) is 0. The van der Waals surface area contributed by atoms with E-state index in [1.54, 1.807) is 0 Å². The SMILES string of the molecule is CCOCCCOc1cccc(Br)c1Cl. The van der Waals surface area contributed by atoms with Gasteiger partial charge in [0.1, 0.15) is 5.75 Å². The Labute approximate surface area is 104 Å². The molecule has 0 aliphatic heterocycles. The summed E-state index contributed by atoms with van der Waals surface area (Å²) >= 11 is 9.37. The number of benzene rings is 1. The highest BCUT2D eigenvalue weighted by atomic mass is 79.9. The summed E-state index contributed by atoms with van der Waals surface area (Å²) in [6.07, 6.45) is 0.872. The topological polar surface area (TPSA) is 18.5 Å². The number of rotatable bonds is 6. The lowest BCUT2D eigenvalue weighted by atomic mass is 10.3. The van der Waals surface area contributed by atoms with Crippen LogP contribution in [0.2, 0.25) is 5.02 Å². The molecule has 0 N–H and O–H groups in total. The fourth-order valence-corrected chi connectivity index (χ4v) is 1.61. The Morgan fingerprint density at radius 3 is 2.87 bits per heavy atom. The van der Waals surface area contributed by atoms with Crippen LogP contribution in [0, 0.1) is 0 Å². The number of halogens is 2. The molecule has 1 aromatic rings. The molecule has 0 aliphatic carbocycles. The lowest BCUT2D eigenvalue weighted by Gasteiger charge is -2.08. The molecule has 1 rings (SSSR count). The predicted molar refractivity (Wildman–Crippen MR) is 65.8 cm³/mol. The van der Waals surface area contributed by atoms with Crippen molar-refractivity contribution in [3.63, 3.8) is 0 Å². The van der Waals surface area contributed by atoms with Gasteiger partial charge in [0.25, 0.3) is 0 Å². The summed E-state index contributed by atoms with van der Waals surface area (Å²) in [6, 6.07) is 5.64. The van der Waals surface area contributed by atoms with E-state index in [4.69, 9.17) is 21.1 Å². The van der Waals surface area contributed by atoms with E-state index in [2.05, 4.69) is 15.9 Å². The molecule has 2 nitrogen and oxygen atoms in total. The predicted octanol–water partition coefficient (Wildman–Crippen LogP) is 3.91. The van der Waals surface area contributed by atoms with E-state index in [0.717, 1.165) is 24.1 Å². The quantitative estimate of drug-likeness (QED) is 0.740. The van der Waals surface area contributed by atoms with E-state index >= 15 is 0 Å². The summed E-state index contributed by atoms with van der Waals surface area (Å²) in [5, 5.41) is 0.619. The Kier molecular flexibility index (Phi) is 6.06. The molecule has 0 aromatic heterocycles. The van der Waals surface area contributed by atoms with Crippen molar-refractivity contribution in [1.82, 2.24) is 0 Å². The molecular weight excluding hydrogens is 279 g/mol. The first-order valence-electron chi connectivity index (χ1n) is 4.90. The highest BCUT2D eigenvalue weighted by Gasteiger charge is 2.04. The highest BCUT2D eigenvalue weighted by molar-refractivity contribution is 9.10. The smallest absolute Gasteiger partial charge is 0.139 e. The number of hydrogen-bond acceptors (Lipinski definition) is 2. The lowest BCUT2D eigenvalue weighted by molar-refractivity contribution is 0.131. The van der Waals surface area contributed by atoms with Crippen molar-refractivity contribution < 1.29 is 9.47 Å². The van der Waals surface area contributed by atoms with Gasteiger partial charge in [-0.2, -0.15) is 0 Å². The van der Waals surface area contributed by atoms with E-state index in [9.17, 15) is 0 Å². The van der Waals surface area contributed by atoms with Crippen molar-refractivity contribution in [3.05, 3.63) is 27.7 Å². The van der Waals surface area contributed by atoms with Crippen molar-refractivity contribution in [1.29, 1.82) is 0 Å². The maximum atomic E-state index is 6.03. The van der Waals surface area contributed by atoms with Gasteiger partial charge in [0, 0.05) is 24.1 Å². The van der Waals surface area contributed by atoms with Crippen LogP contribution in [0.1, 0.15) is 13.3 Å². The van der Waals surface area contributed by atoms with Crippen molar-refractivity contribution in [2.45, 2.75) is 13.3 Å². The van der Waals surface area contributed by atoms with E-state index < -0.39 is 0 Å². The van der Waals surface area contributed by atoms with Crippen molar-refractivity contribution in [2.75, 3.05) is 19.8 Å². The Morgan fingerprint density at radius 2 is 2.13 bits per heavy atom. The standard InChI is InChI=1S/C11H14BrClO2/c1-2-14-7-4-8-15-10-6-3-5-9(12)11(10)13/h3,5-6H,2,4,7-8H2,1H3. The van der Waals surface area contributed by atoms with Gasteiger partial charge in [0.15, 0.2) is 0 Å². The molecule has 0 bridgehead atoms. The first-order valence-corrected chi connectivity index (χ1v) is 6.07. The fourth-order valence-electron chi connectivity index (χ4n) is 1.08. The third-order valence-electron chi connectivity index (χ3n) is 1.81. The third kappa shape index (κ3) is 4.41. The lowest BCUT2D eigenvalue weighted by Crippen LogP contribution is -2.03. The molecule has 15 heavy (non-hydrogen) atoms. The van der Waals surface area contributed by atoms with Crippen molar-refractivity contribution in [3.8, 4) is 5.75 Å². The van der Waals surface area contributed by atoms with Gasteiger partial charge in [-0.1, -0.05) is 17.7 Å². The Morgan fingerprint density at radius 1 is 1.33 bits per heavy atom. The molecule has 0 heterocycles. The first-order chi connectivity index (χ1) is 7.25. The van der Waals surface area contributed by atoms with E-state index in [-0.39, 0.29) is 0 Å².